The topological polar surface area (TPSA) is 41.1 Å². The Kier molecular flexibility index (Phi) is 5.44. The fourth-order valence-corrected chi connectivity index (χ4v) is 1.75. The summed E-state index contributed by atoms with van der Waals surface area (Å²) in [5.41, 5.74) is 0.413. The third kappa shape index (κ3) is 7.37. The Morgan fingerprint density at radius 1 is 1.29 bits per heavy atom. The van der Waals surface area contributed by atoms with Gasteiger partial charge in [-0.3, -0.25) is 4.79 Å². The van der Waals surface area contributed by atoms with Crippen molar-refractivity contribution in [2.75, 3.05) is 13.1 Å². The van der Waals surface area contributed by atoms with Crippen LogP contribution in [0, 0.1) is 11.3 Å². The zero-order valence-electron chi connectivity index (χ0n) is 11.8. The molecule has 3 nitrogen and oxygen atoms in total. The summed E-state index contributed by atoms with van der Waals surface area (Å²) in [6, 6.07) is 0.534. The lowest BCUT2D eigenvalue weighted by Crippen LogP contribution is -2.36. The van der Waals surface area contributed by atoms with Crippen LogP contribution in [0.1, 0.15) is 53.4 Å². The lowest BCUT2D eigenvalue weighted by molar-refractivity contribution is -0.122. The number of nitrogens with one attached hydrogen (secondary N) is 2. The van der Waals surface area contributed by atoms with Crippen LogP contribution in [0.3, 0.4) is 0 Å². The Balaban J connectivity index is 1.96. The van der Waals surface area contributed by atoms with Gasteiger partial charge in [0.15, 0.2) is 0 Å². The van der Waals surface area contributed by atoms with Gasteiger partial charge in [0.1, 0.15) is 0 Å². The monoisotopic (exact) mass is 240 g/mol. The molecule has 0 radical (unpaired) electrons. The van der Waals surface area contributed by atoms with Gasteiger partial charge >= 0.3 is 0 Å². The lowest BCUT2D eigenvalue weighted by atomic mass is 9.89. The Morgan fingerprint density at radius 3 is 2.47 bits per heavy atom. The Labute approximate surface area is 106 Å². The predicted molar refractivity (Wildman–Crippen MR) is 71.9 cm³/mol. The summed E-state index contributed by atoms with van der Waals surface area (Å²) in [7, 11) is 0. The molecule has 1 atom stereocenters. The Bertz CT molecular complexity index is 241. The van der Waals surface area contributed by atoms with Crippen LogP contribution in [0.15, 0.2) is 0 Å². The zero-order chi connectivity index (χ0) is 12.9. The normalized spacial score (nSPS) is 17.9. The minimum atomic E-state index is 0.245. The van der Waals surface area contributed by atoms with E-state index < -0.39 is 0 Å². The zero-order valence-corrected chi connectivity index (χ0v) is 11.8. The summed E-state index contributed by atoms with van der Waals surface area (Å²) < 4.78 is 0. The number of hydrogen-bond acceptors (Lipinski definition) is 2. The van der Waals surface area contributed by atoms with Crippen LogP contribution < -0.4 is 10.6 Å². The maximum Gasteiger partial charge on any atom is 0.223 e. The molecule has 0 aliphatic heterocycles. The van der Waals surface area contributed by atoms with E-state index in [1.807, 2.05) is 0 Å². The van der Waals surface area contributed by atoms with Crippen molar-refractivity contribution in [3.8, 4) is 0 Å². The van der Waals surface area contributed by atoms with E-state index in [1.54, 1.807) is 0 Å². The first-order chi connectivity index (χ1) is 7.88. The molecule has 1 rings (SSSR count). The van der Waals surface area contributed by atoms with Gasteiger partial charge in [0.2, 0.25) is 5.91 Å². The number of carbonyl (C=O) groups excluding carboxylic acids is 1. The molecule has 0 aromatic carbocycles. The molecular formula is C14H28N2O. The predicted octanol–water partition coefficient (Wildman–Crippen LogP) is 2.32. The lowest BCUT2D eigenvalue weighted by Gasteiger charge is -2.21. The summed E-state index contributed by atoms with van der Waals surface area (Å²) in [6.45, 7) is 10.7. The van der Waals surface area contributed by atoms with Gasteiger partial charge < -0.3 is 10.6 Å². The second-order valence-corrected chi connectivity index (χ2v) is 6.52. The standard InChI is InChI=1S/C14H28N2O/c1-11(7-8-14(2,3)4)15-9-10-16-13(17)12-5-6-12/h11-12,15H,5-10H2,1-4H3,(H,16,17). The van der Waals surface area contributed by atoms with Crippen molar-refractivity contribution in [3.63, 3.8) is 0 Å². The van der Waals surface area contributed by atoms with Crippen molar-refractivity contribution in [3.05, 3.63) is 0 Å². The highest BCUT2D eigenvalue weighted by atomic mass is 16.2. The van der Waals surface area contributed by atoms with Crippen molar-refractivity contribution in [2.24, 2.45) is 11.3 Å². The van der Waals surface area contributed by atoms with E-state index in [4.69, 9.17) is 0 Å². The van der Waals surface area contributed by atoms with Crippen molar-refractivity contribution < 1.29 is 4.79 Å². The largest absolute Gasteiger partial charge is 0.355 e. The molecule has 1 fully saturated rings. The average molecular weight is 240 g/mol. The molecule has 1 aliphatic carbocycles. The first-order valence-corrected chi connectivity index (χ1v) is 6.89. The molecule has 17 heavy (non-hydrogen) atoms. The van der Waals surface area contributed by atoms with E-state index >= 15 is 0 Å². The average Bonchev–Trinajstić information content (AvgIpc) is 3.03. The molecule has 1 amide bonds. The number of amides is 1. The quantitative estimate of drug-likeness (QED) is 0.671. The molecule has 0 aromatic heterocycles. The first-order valence-electron chi connectivity index (χ1n) is 6.89. The van der Waals surface area contributed by atoms with E-state index in [-0.39, 0.29) is 5.91 Å². The smallest absolute Gasteiger partial charge is 0.223 e. The van der Waals surface area contributed by atoms with Gasteiger partial charge in [-0.2, -0.15) is 0 Å². The minimum Gasteiger partial charge on any atom is -0.355 e. The molecule has 1 saturated carbocycles. The first kappa shape index (κ1) is 14.5. The SMILES string of the molecule is CC(CCC(C)(C)C)NCCNC(=O)C1CC1. The van der Waals surface area contributed by atoms with E-state index in [0.29, 0.717) is 17.4 Å². The van der Waals surface area contributed by atoms with Gasteiger partial charge in [-0.25, -0.2) is 0 Å². The Morgan fingerprint density at radius 2 is 1.94 bits per heavy atom. The van der Waals surface area contributed by atoms with Crippen LogP contribution in [-0.4, -0.2) is 25.0 Å². The highest BCUT2D eigenvalue weighted by Gasteiger charge is 2.28. The maximum atomic E-state index is 11.4. The molecule has 0 heterocycles. The van der Waals surface area contributed by atoms with Gasteiger partial charge in [-0.05, 0) is 38.0 Å². The molecule has 1 aliphatic rings. The summed E-state index contributed by atoms with van der Waals surface area (Å²) in [6.07, 6.45) is 4.60. The molecule has 2 N–H and O–H groups in total. The molecule has 0 aromatic rings. The maximum absolute atomic E-state index is 11.4. The minimum absolute atomic E-state index is 0.245. The van der Waals surface area contributed by atoms with E-state index in [9.17, 15) is 4.79 Å². The molecule has 0 spiro atoms. The second kappa shape index (κ2) is 6.39. The highest BCUT2D eigenvalue weighted by molar-refractivity contribution is 5.80. The molecule has 3 heteroatoms. The van der Waals surface area contributed by atoms with Crippen LogP contribution in [0.25, 0.3) is 0 Å². The van der Waals surface area contributed by atoms with Crippen molar-refractivity contribution >= 4 is 5.91 Å². The van der Waals surface area contributed by atoms with Gasteiger partial charge in [-0.1, -0.05) is 20.8 Å². The van der Waals surface area contributed by atoms with Gasteiger partial charge in [0.05, 0.1) is 0 Å². The molecule has 100 valence electrons. The van der Waals surface area contributed by atoms with Crippen molar-refractivity contribution in [1.82, 2.24) is 10.6 Å². The number of rotatable bonds is 7. The summed E-state index contributed by atoms with van der Waals surface area (Å²) in [5.74, 6) is 0.572. The van der Waals surface area contributed by atoms with Crippen LogP contribution in [0.2, 0.25) is 0 Å². The van der Waals surface area contributed by atoms with Crippen LogP contribution in [0.5, 0.6) is 0 Å². The highest BCUT2D eigenvalue weighted by Crippen LogP contribution is 2.28. The summed E-state index contributed by atoms with van der Waals surface area (Å²) >= 11 is 0. The van der Waals surface area contributed by atoms with E-state index in [0.717, 1.165) is 25.9 Å². The van der Waals surface area contributed by atoms with Crippen LogP contribution in [0.4, 0.5) is 0 Å². The fourth-order valence-electron chi connectivity index (χ4n) is 1.75. The molecule has 0 saturated heterocycles. The number of hydrogen-bond donors (Lipinski definition) is 2. The van der Waals surface area contributed by atoms with Crippen LogP contribution >= 0.6 is 0 Å². The third-order valence-electron chi connectivity index (χ3n) is 3.19. The molecular weight excluding hydrogens is 212 g/mol. The Hall–Kier alpha value is -0.570. The van der Waals surface area contributed by atoms with Crippen molar-refractivity contribution in [2.45, 2.75) is 59.4 Å². The number of carbonyl (C=O) groups is 1. The second-order valence-electron chi connectivity index (χ2n) is 6.52. The molecule has 1 unspecified atom stereocenters. The van der Waals surface area contributed by atoms with Gasteiger partial charge in [0, 0.05) is 25.0 Å². The third-order valence-corrected chi connectivity index (χ3v) is 3.19. The van der Waals surface area contributed by atoms with Crippen LogP contribution in [-0.2, 0) is 4.79 Å². The molecule has 0 bridgehead atoms. The van der Waals surface area contributed by atoms with Gasteiger partial charge in [0.25, 0.3) is 0 Å². The fraction of sp³-hybridized carbons (Fsp3) is 0.929. The summed E-state index contributed by atoms with van der Waals surface area (Å²) in [5, 5.41) is 6.43. The van der Waals surface area contributed by atoms with Crippen molar-refractivity contribution in [1.29, 1.82) is 0 Å². The van der Waals surface area contributed by atoms with Gasteiger partial charge in [-0.15, -0.1) is 0 Å². The summed E-state index contributed by atoms with van der Waals surface area (Å²) in [4.78, 5) is 11.4. The van der Waals surface area contributed by atoms with E-state index in [1.165, 1.54) is 12.8 Å². The van der Waals surface area contributed by atoms with E-state index in [2.05, 4.69) is 38.3 Å².